The maximum Gasteiger partial charge on any atom is 0.256 e. The van der Waals surface area contributed by atoms with Gasteiger partial charge in [0.05, 0.1) is 5.69 Å². The van der Waals surface area contributed by atoms with Crippen molar-refractivity contribution in [3.8, 4) is 0 Å². The quantitative estimate of drug-likeness (QED) is 0.881. The van der Waals surface area contributed by atoms with E-state index >= 15 is 0 Å². The van der Waals surface area contributed by atoms with Crippen LogP contribution in [-0.2, 0) is 0 Å². The Morgan fingerprint density at radius 3 is 2.74 bits per heavy atom. The Hall–Kier alpha value is -2.36. The molecule has 4 heteroatoms. The Labute approximate surface area is 136 Å². The van der Waals surface area contributed by atoms with E-state index in [1.807, 2.05) is 37.3 Å². The molecule has 0 radical (unpaired) electrons. The van der Waals surface area contributed by atoms with E-state index in [4.69, 9.17) is 0 Å². The zero-order valence-corrected chi connectivity index (χ0v) is 13.5. The van der Waals surface area contributed by atoms with Crippen LogP contribution in [0.2, 0.25) is 0 Å². The Bertz CT molecular complexity index is 729. The highest BCUT2D eigenvalue weighted by Crippen LogP contribution is 2.35. The number of unbranched alkanes of at least 4 members (excludes halogenated alkanes) is 1. The van der Waals surface area contributed by atoms with Crippen LogP contribution in [0.4, 0.5) is 10.1 Å². The number of rotatable bonds is 5. The van der Waals surface area contributed by atoms with Gasteiger partial charge in [-0.15, -0.1) is 0 Å². The van der Waals surface area contributed by atoms with Crippen molar-refractivity contribution < 1.29 is 9.18 Å². The van der Waals surface area contributed by atoms with Gasteiger partial charge in [-0.3, -0.25) is 4.79 Å². The molecule has 3 nitrogen and oxygen atoms in total. The van der Waals surface area contributed by atoms with Gasteiger partial charge in [0.1, 0.15) is 12.0 Å². The van der Waals surface area contributed by atoms with Crippen LogP contribution in [-0.4, -0.2) is 17.4 Å². The zero-order valence-electron chi connectivity index (χ0n) is 13.5. The van der Waals surface area contributed by atoms with Gasteiger partial charge in [0.2, 0.25) is 0 Å². The van der Waals surface area contributed by atoms with Crippen LogP contribution in [0.3, 0.4) is 0 Å². The fourth-order valence-corrected chi connectivity index (χ4v) is 2.97. The second kappa shape index (κ2) is 6.41. The molecule has 0 spiro atoms. The number of carbonyl (C=O) groups is 1. The Morgan fingerprint density at radius 1 is 1.22 bits per heavy atom. The third-order valence-electron chi connectivity index (χ3n) is 4.23. The average molecular weight is 312 g/mol. The number of benzene rings is 2. The van der Waals surface area contributed by atoms with E-state index in [-0.39, 0.29) is 17.9 Å². The molecule has 0 saturated heterocycles. The number of hydrogen-bond donors (Lipinski definition) is 1. The molecular formula is C19H21FN2O. The van der Waals surface area contributed by atoms with Crippen molar-refractivity contribution in [2.75, 3.05) is 11.9 Å². The van der Waals surface area contributed by atoms with Gasteiger partial charge in [-0.2, -0.15) is 0 Å². The van der Waals surface area contributed by atoms with Gasteiger partial charge in [0.25, 0.3) is 5.91 Å². The van der Waals surface area contributed by atoms with Crippen LogP contribution < -0.4 is 5.32 Å². The Balaban J connectivity index is 1.94. The van der Waals surface area contributed by atoms with Crippen LogP contribution >= 0.6 is 0 Å². The van der Waals surface area contributed by atoms with Crippen molar-refractivity contribution in [3.05, 3.63) is 65.0 Å². The second-order valence-corrected chi connectivity index (χ2v) is 5.97. The molecule has 0 fully saturated rings. The van der Waals surface area contributed by atoms with Crippen molar-refractivity contribution in [3.63, 3.8) is 0 Å². The van der Waals surface area contributed by atoms with Crippen molar-refractivity contribution in [1.82, 2.24) is 4.90 Å². The van der Waals surface area contributed by atoms with Gasteiger partial charge < -0.3 is 10.2 Å². The SMILES string of the molecule is CCCCN1C(=O)c2ccccc2[C@H]1Nc1ccc(C)cc1F. The topological polar surface area (TPSA) is 32.3 Å². The van der Waals surface area contributed by atoms with Gasteiger partial charge in [0, 0.05) is 17.7 Å². The minimum absolute atomic E-state index is 0.0130. The number of nitrogens with zero attached hydrogens (tertiary/aromatic N) is 1. The predicted molar refractivity (Wildman–Crippen MR) is 89.9 cm³/mol. The van der Waals surface area contributed by atoms with Crippen LogP contribution in [0.5, 0.6) is 0 Å². The molecule has 0 aliphatic carbocycles. The first-order chi connectivity index (χ1) is 11.1. The lowest BCUT2D eigenvalue weighted by Gasteiger charge is -2.27. The summed E-state index contributed by atoms with van der Waals surface area (Å²) in [4.78, 5) is 14.4. The number of anilines is 1. The molecule has 3 rings (SSSR count). The fraction of sp³-hybridized carbons (Fsp3) is 0.316. The molecule has 2 aromatic rings. The molecule has 0 unspecified atom stereocenters. The second-order valence-electron chi connectivity index (χ2n) is 5.97. The van der Waals surface area contributed by atoms with E-state index in [2.05, 4.69) is 12.2 Å². The molecule has 0 aromatic heterocycles. The fourth-order valence-electron chi connectivity index (χ4n) is 2.97. The molecule has 0 saturated carbocycles. The first kappa shape index (κ1) is 15.5. The average Bonchev–Trinajstić information content (AvgIpc) is 2.81. The van der Waals surface area contributed by atoms with E-state index in [0.717, 1.165) is 24.0 Å². The smallest absolute Gasteiger partial charge is 0.256 e. The maximum atomic E-state index is 14.2. The van der Waals surface area contributed by atoms with Crippen molar-refractivity contribution in [2.24, 2.45) is 0 Å². The van der Waals surface area contributed by atoms with Crippen molar-refractivity contribution in [1.29, 1.82) is 0 Å². The van der Waals surface area contributed by atoms with Gasteiger partial charge >= 0.3 is 0 Å². The first-order valence-electron chi connectivity index (χ1n) is 8.04. The van der Waals surface area contributed by atoms with Crippen LogP contribution in [0.1, 0.15) is 47.4 Å². The van der Waals surface area contributed by atoms with Crippen LogP contribution in [0.25, 0.3) is 0 Å². The van der Waals surface area contributed by atoms with Crippen molar-refractivity contribution >= 4 is 11.6 Å². The summed E-state index contributed by atoms with van der Waals surface area (Å²) >= 11 is 0. The zero-order chi connectivity index (χ0) is 16.4. The van der Waals surface area contributed by atoms with Gasteiger partial charge in [-0.1, -0.05) is 37.6 Å². The summed E-state index contributed by atoms with van der Waals surface area (Å²) < 4.78 is 14.2. The number of fused-ring (bicyclic) bond motifs is 1. The lowest BCUT2D eigenvalue weighted by Crippen LogP contribution is -2.33. The molecule has 1 aliphatic rings. The molecule has 1 N–H and O–H groups in total. The highest BCUT2D eigenvalue weighted by atomic mass is 19.1. The normalized spacial score (nSPS) is 16.6. The first-order valence-corrected chi connectivity index (χ1v) is 8.04. The third-order valence-corrected chi connectivity index (χ3v) is 4.23. The predicted octanol–water partition coefficient (Wildman–Crippen LogP) is 4.50. The summed E-state index contributed by atoms with van der Waals surface area (Å²) in [6.07, 6.45) is 1.61. The molecule has 23 heavy (non-hydrogen) atoms. The number of hydrogen-bond acceptors (Lipinski definition) is 2. The number of aryl methyl sites for hydroxylation is 1. The van der Waals surface area contributed by atoms with E-state index < -0.39 is 0 Å². The highest BCUT2D eigenvalue weighted by molar-refractivity contribution is 5.99. The van der Waals surface area contributed by atoms with E-state index in [1.165, 1.54) is 6.07 Å². The summed E-state index contributed by atoms with van der Waals surface area (Å²) in [5.74, 6) is -0.281. The molecule has 1 aliphatic heterocycles. The number of carbonyl (C=O) groups excluding carboxylic acids is 1. The summed E-state index contributed by atoms with van der Waals surface area (Å²) in [5, 5.41) is 3.21. The van der Waals surface area contributed by atoms with Gasteiger partial charge in [0.15, 0.2) is 0 Å². The maximum absolute atomic E-state index is 14.2. The summed E-state index contributed by atoms with van der Waals surface area (Å²) in [6, 6.07) is 12.6. The van der Waals surface area contributed by atoms with Crippen LogP contribution in [0, 0.1) is 12.7 Å². The van der Waals surface area contributed by atoms with Gasteiger partial charge in [-0.05, 0) is 37.1 Å². The van der Waals surface area contributed by atoms with E-state index in [0.29, 0.717) is 17.8 Å². The van der Waals surface area contributed by atoms with Crippen LogP contribution in [0.15, 0.2) is 42.5 Å². The molecule has 1 atom stereocenters. The lowest BCUT2D eigenvalue weighted by molar-refractivity contribution is 0.0740. The minimum atomic E-state index is -0.317. The van der Waals surface area contributed by atoms with E-state index in [9.17, 15) is 9.18 Å². The lowest BCUT2D eigenvalue weighted by atomic mass is 10.1. The van der Waals surface area contributed by atoms with Crippen molar-refractivity contribution in [2.45, 2.75) is 32.9 Å². The summed E-state index contributed by atoms with van der Waals surface area (Å²) in [6.45, 7) is 4.61. The minimum Gasteiger partial charge on any atom is -0.359 e. The summed E-state index contributed by atoms with van der Waals surface area (Å²) in [7, 11) is 0. The van der Waals surface area contributed by atoms with E-state index in [1.54, 1.807) is 11.0 Å². The number of amides is 1. The Morgan fingerprint density at radius 2 is 2.00 bits per heavy atom. The molecular weight excluding hydrogens is 291 g/mol. The highest BCUT2D eigenvalue weighted by Gasteiger charge is 2.36. The summed E-state index contributed by atoms with van der Waals surface area (Å²) in [5.41, 5.74) is 2.91. The molecule has 1 amide bonds. The standard InChI is InChI=1S/C19H21FN2O/c1-3-4-11-22-18(14-7-5-6-8-15(14)19(22)23)21-17-10-9-13(2)12-16(17)20/h5-10,12,18,21H,3-4,11H2,1-2H3/t18-/m0/s1. The molecule has 120 valence electrons. The molecule has 2 aromatic carbocycles. The number of halogens is 1. The monoisotopic (exact) mass is 312 g/mol. The van der Waals surface area contributed by atoms with Gasteiger partial charge in [-0.25, -0.2) is 4.39 Å². The molecule has 0 bridgehead atoms. The third kappa shape index (κ3) is 2.93. The molecule has 1 heterocycles. The number of nitrogens with one attached hydrogen (secondary N) is 1. The largest absolute Gasteiger partial charge is 0.359 e. The Kier molecular flexibility index (Phi) is 4.33.